The Balaban J connectivity index is 3.41. The molecule has 0 fully saturated rings. The smallest absolute Gasteiger partial charge is 0.318 e. The van der Waals surface area contributed by atoms with Gasteiger partial charge in [-0.15, -0.1) is 6.58 Å². The minimum Gasteiger partial charge on any atom is -0.480 e. The van der Waals surface area contributed by atoms with Crippen LogP contribution in [0.15, 0.2) is 35.7 Å². The maximum Gasteiger partial charge on any atom is 0.318 e. The second kappa shape index (κ2) is 6.46. The molecule has 1 aromatic carbocycles. The van der Waals surface area contributed by atoms with Gasteiger partial charge in [-0.25, -0.2) is 8.42 Å². The summed E-state index contributed by atoms with van der Waals surface area (Å²) in [5.74, 6) is -1.33. The fraction of sp³-hybridized carbons (Fsp3) is 0.250. The van der Waals surface area contributed by atoms with Crippen LogP contribution in [0.1, 0.15) is 5.56 Å². The predicted octanol–water partition coefficient (Wildman–Crippen LogP) is 1.16. The molecule has 0 aliphatic heterocycles. The maximum atomic E-state index is 12.4. The van der Waals surface area contributed by atoms with Crippen LogP contribution in [0.25, 0.3) is 0 Å². The summed E-state index contributed by atoms with van der Waals surface area (Å²) in [6.45, 7) is 3.71. The van der Waals surface area contributed by atoms with Crippen molar-refractivity contribution in [1.82, 2.24) is 4.31 Å². The maximum absolute atomic E-state index is 12.4. The Labute approximate surface area is 121 Å². The lowest BCUT2D eigenvalue weighted by atomic mass is 10.2. The van der Waals surface area contributed by atoms with Crippen molar-refractivity contribution in [1.29, 1.82) is 0 Å². The first-order chi connectivity index (χ1) is 9.71. The van der Waals surface area contributed by atoms with E-state index >= 15 is 0 Å². The van der Waals surface area contributed by atoms with Gasteiger partial charge >= 0.3 is 5.97 Å². The average molecular weight is 314 g/mol. The topological polar surface area (TPSA) is 118 Å². The Morgan fingerprint density at radius 1 is 1.52 bits per heavy atom. The monoisotopic (exact) mass is 314 g/mol. The van der Waals surface area contributed by atoms with E-state index in [9.17, 15) is 23.3 Å². The van der Waals surface area contributed by atoms with E-state index in [2.05, 4.69) is 6.58 Å². The van der Waals surface area contributed by atoms with E-state index in [0.29, 0.717) is 4.31 Å². The number of rotatable bonds is 7. The Bertz CT molecular complexity index is 683. The Hall–Kier alpha value is -2.26. The number of carbonyl (C=O) groups is 1. The summed E-state index contributed by atoms with van der Waals surface area (Å²) in [7, 11) is -4.17. The van der Waals surface area contributed by atoms with Crippen LogP contribution in [0, 0.1) is 17.0 Å². The van der Waals surface area contributed by atoms with Crippen molar-refractivity contribution in [2.24, 2.45) is 0 Å². The Morgan fingerprint density at radius 3 is 2.62 bits per heavy atom. The molecule has 1 aromatic rings. The summed E-state index contributed by atoms with van der Waals surface area (Å²) in [6.07, 6.45) is 1.24. The molecule has 0 atom stereocenters. The molecule has 1 N–H and O–H groups in total. The zero-order valence-electron chi connectivity index (χ0n) is 11.2. The van der Waals surface area contributed by atoms with Gasteiger partial charge in [-0.05, 0) is 13.0 Å². The highest BCUT2D eigenvalue weighted by Gasteiger charge is 2.29. The molecule has 8 nitrogen and oxygen atoms in total. The number of carboxylic acid groups (broad SMARTS) is 1. The van der Waals surface area contributed by atoms with Crippen LogP contribution in [-0.4, -0.2) is 41.8 Å². The molecule has 114 valence electrons. The second-order valence-electron chi connectivity index (χ2n) is 4.14. The lowest BCUT2D eigenvalue weighted by Crippen LogP contribution is -2.36. The molecule has 0 aliphatic carbocycles. The van der Waals surface area contributed by atoms with Crippen molar-refractivity contribution in [3.8, 4) is 0 Å². The molecule has 21 heavy (non-hydrogen) atoms. The standard InChI is InChI=1S/C12H14N2O6S/c1-3-7-13(8-12(15)16)21(19,20)11-6-4-5-10(9(11)2)14(17)18/h3-6H,1,7-8H2,2H3,(H,15,16). The zero-order chi connectivity index (χ0) is 16.2. The SMILES string of the molecule is C=CCN(CC(=O)O)S(=O)(=O)c1cccc([N+](=O)[O-])c1C. The van der Waals surface area contributed by atoms with E-state index in [0.717, 1.165) is 0 Å². The first-order valence-electron chi connectivity index (χ1n) is 5.78. The molecule has 0 unspecified atom stereocenters. The van der Waals surface area contributed by atoms with E-state index < -0.39 is 27.5 Å². The molecule has 0 saturated heterocycles. The van der Waals surface area contributed by atoms with Crippen molar-refractivity contribution >= 4 is 21.7 Å². The largest absolute Gasteiger partial charge is 0.480 e. The minimum absolute atomic E-state index is 0.0399. The zero-order valence-corrected chi connectivity index (χ0v) is 12.0. The van der Waals surface area contributed by atoms with E-state index in [1.165, 1.54) is 31.2 Å². The van der Waals surface area contributed by atoms with Gasteiger partial charge in [0.1, 0.15) is 6.54 Å². The molecule has 0 radical (unpaired) electrons. The number of nitro benzene ring substituents is 1. The van der Waals surface area contributed by atoms with Gasteiger partial charge in [0.05, 0.1) is 9.82 Å². The van der Waals surface area contributed by atoms with E-state index in [1.54, 1.807) is 0 Å². The van der Waals surface area contributed by atoms with Gasteiger partial charge in [0.2, 0.25) is 10.0 Å². The van der Waals surface area contributed by atoms with Crippen molar-refractivity contribution < 1.29 is 23.2 Å². The normalized spacial score (nSPS) is 11.3. The molecular formula is C12H14N2O6S. The average Bonchev–Trinajstić information content (AvgIpc) is 2.37. The first kappa shape index (κ1) is 16.8. The van der Waals surface area contributed by atoms with Gasteiger partial charge in [-0.1, -0.05) is 12.1 Å². The molecule has 0 spiro atoms. The Morgan fingerprint density at radius 2 is 2.14 bits per heavy atom. The predicted molar refractivity (Wildman–Crippen MR) is 74.4 cm³/mol. The number of nitro groups is 1. The fourth-order valence-electron chi connectivity index (χ4n) is 1.76. The van der Waals surface area contributed by atoms with Crippen molar-refractivity contribution in [3.63, 3.8) is 0 Å². The summed E-state index contributed by atoms with van der Waals surface area (Å²) >= 11 is 0. The summed E-state index contributed by atoms with van der Waals surface area (Å²) in [5, 5.41) is 19.6. The van der Waals surface area contributed by atoms with Gasteiger partial charge < -0.3 is 5.11 Å². The number of carboxylic acids is 1. The van der Waals surface area contributed by atoms with Crippen LogP contribution in [0.4, 0.5) is 5.69 Å². The molecule has 0 aliphatic rings. The molecule has 1 rings (SSSR count). The number of nitrogens with zero attached hydrogens (tertiary/aromatic N) is 2. The van der Waals surface area contributed by atoms with Crippen LogP contribution in [0.5, 0.6) is 0 Å². The van der Waals surface area contributed by atoms with Crippen molar-refractivity contribution in [2.75, 3.05) is 13.1 Å². The number of hydrogen-bond acceptors (Lipinski definition) is 5. The first-order valence-corrected chi connectivity index (χ1v) is 7.22. The van der Waals surface area contributed by atoms with Gasteiger partial charge in [0, 0.05) is 18.2 Å². The van der Waals surface area contributed by atoms with E-state index in [-0.39, 0.29) is 22.7 Å². The second-order valence-corrected chi connectivity index (χ2v) is 6.04. The van der Waals surface area contributed by atoms with E-state index in [4.69, 9.17) is 5.11 Å². The molecule has 9 heteroatoms. The summed E-state index contributed by atoms with van der Waals surface area (Å²) in [6, 6.07) is 3.63. The van der Waals surface area contributed by atoms with Crippen LogP contribution >= 0.6 is 0 Å². The lowest BCUT2D eigenvalue weighted by Gasteiger charge is -2.19. The van der Waals surface area contributed by atoms with E-state index in [1.807, 2.05) is 0 Å². The number of benzene rings is 1. The lowest BCUT2D eigenvalue weighted by molar-refractivity contribution is -0.385. The van der Waals surface area contributed by atoms with Crippen LogP contribution in [-0.2, 0) is 14.8 Å². The summed E-state index contributed by atoms with van der Waals surface area (Å²) in [4.78, 5) is 20.7. The number of aliphatic carboxylic acids is 1. The third kappa shape index (κ3) is 3.64. The highest BCUT2D eigenvalue weighted by molar-refractivity contribution is 7.89. The van der Waals surface area contributed by atoms with Gasteiger partial charge in [-0.3, -0.25) is 14.9 Å². The highest BCUT2D eigenvalue weighted by atomic mass is 32.2. The van der Waals surface area contributed by atoms with Crippen molar-refractivity contribution in [3.05, 3.63) is 46.5 Å². The summed E-state index contributed by atoms with van der Waals surface area (Å²) in [5.41, 5.74) is -0.382. The molecule has 0 saturated carbocycles. The number of sulfonamides is 1. The molecule has 0 bridgehead atoms. The van der Waals surface area contributed by atoms with Gasteiger partial charge in [-0.2, -0.15) is 4.31 Å². The molecule has 0 amide bonds. The van der Waals surface area contributed by atoms with Crippen LogP contribution in [0.2, 0.25) is 0 Å². The molecular weight excluding hydrogens is 300 g/mol. The van der Waals surface area contributed by atoms with Gasteiger partial charge in [0.15, 0.2) is 0 Å². The highest BCUT2D eigenvalue weighted by Crippen LogP contribution is 2.27. The van der Waals surface area contributed by atoms with Crippen LogP contribution in [0.3, 0.4) is 0 Å². The molecule has 0 heterocycles. The number of hydrogen-bond donors (Lipinski definition) is 1. The van der Waals surface area contributed by atoms with Gasteiger partial charge in [0.25, 0.3) is 5.69 Å². The molecule has 0 aromatic heterocycles. The fourth-order valence-corrected chi connectivity index (χ4v) is 3.36. The minimum atomic E-state index is -4.17. The quantitative estimate of drug-likeness (QED) is 0.458. The van der Waals surface area contributed by atoms with Crippen LogP contribution < -0.4 is 0 Å². The Kier molecular flexibility index (Phi) is 5.17. The van der Waals surface area contributed by atoms with Crippen molar-refractivity contribution in [2.45, 2.75) is 11.8 Å². The third-order valence-electron chi connectivity index (χ3n) is 2.71. The third-order valence-corrected chi connectivity index (χ3v) is 4.67. The summed E-state index contributed by atoms with van der Waals surface area (Å²) < 4.78 is 25.6.